The van der Waals surface area contributed by atoms with Crippen LogP contribution in [0.2, 0.25) is 0 Å². The molecule has 2 heterocycles. The molecule has 0 radical (unpaired) electrons. The van der Waals surface area contributed by atoms with E-state index in [9.17, 15) is 19.7 Å². The fourth-order valence-corrected chi connectivity index (χ4v) is 5.44. The number of carbonyl (C=O) groups excluding carboxylic acids is 2. The second-order valence-corrected chi connectivity index (χ2v) is 10.1. The largest absolute Gasteiger partial charge is 0.330 e. The molecule has 0 spiro atoms. The predicted octanol–water partition coefficient (Wildman–Crippen LogP) is 5.39. The van der Waals surface area contributed by atoms with E-state index in [0.717, 1.165) is 23.1 Å². The van der Waals surface area contributed by atoms with Gasteiger partial charge >= 0.3 is 0 Å². The van der Waals surface area contributed by atoms with Crippen LogP contribution in [-0.4, -0.2) is 45.7 Å². The lowest BCUT2D eigenvalue weighted by Gasteiger charge is -2.38. The minimum atomic E-state index is -0.464. The van der Waals surface area contributed by atoms with Gasteiger partial charge in [0.25, 0.3) is 5.69 Å². The molecule has 3 aromatic rings. The molecule has 2 aromatic carbocycles. The first-order valence-electron chi connectivity index (χ1n) is 11.9. The Balaban J connectivity index is 1.54. The summed E-state index contributed by atoms with van der Waals surface area (Å²) >= 11 is 1.73. The zero-order valence-electron chi connectivity index (χ0n) is 20.6. The topological polar surface area (TPSA) is 83.8 Å². The minimum Gasteiger partial charge on any atom is -0.330 e. The van der Waals surface area contributed by atoms with Crippen molar-refractivity contribution >= 4 is 34.9 Å². The fourth-order valence-electron chi connectivity index (χ4n) is 4.54. The van der Waals surface area contributed by atoms with Crippen molar-refractivity contribution in [2.45, 2.75) is 39.3 Å². The van der Waals surface area contributed by atoms with Gasteiger partial charge in [0.15, 0.2) is 0 Å². The third-order valence-electron chi connectivity index (χ3n) is 6.50. The minimum absolute atomic E-state index is 0.00796. The van der Waals surface area contributed by atoms with Crippen LogP contribution in [0.15, 0.2) is 66.1 Å². The molecule has 1 aliphatic rings. The Labute approximate surface area is 214 Å². The highest BCUT2D eigenvalue weighted by molar-refractivity contribution is 7.10. The molecule has 0 aliphatic carbocycles. The van der Waals surface area contributed by atoms with Crippen LogP contribution in [0.3, 0.4) is 0 Å². The Bertz CT molecular complexity index is 1300. The number of hydrogen-bond donors (Lipinski definition) is 0. The van der Waals surface area contributed by atoms with Crippen LogP contribution in [0.1, 0.15) is 47.0 Å². The zero-order chi connectivity index (χ0) is 25.8. The number of carbonyl (C=O) groups is 2. The van der Waals surface area contributed by atoms with Crippen molar-refractivity contribution in [3.8, 4) is 0 Å². The highest BCUT2D eigenvalue weighted by Gasteiger charge is 2.34. The van der Waals surface area contributed by atoms with Crippen LogP contribution in [-0.2, 0) is 16.0 Å². The summed E-state index contributed by atoms with van der Waals surface area (Å²) < 4.78 is 0. The van der Waals surface area contributed by atoms with E-state index in [1.807, 2.05) is 30.9 Å². The van der Waals surface area contributed by atoms with Crippen LogP contribution in [0, 0.1) is 17.0 Å². The van der Waals surface area contributed by atoms with E-state index in [2.05, 4.69) is 30.5 Å². The SMILES string of the molecule is Cc1ccccc1C1c2ccsc2CCN1C(=O)CN(C(=O)C=Cc1ccc([N+](=O)[O-])cc1)C(C)C. The van der Waals surface area contributed by atoms with Gasteiger partial charge in [-0.05, 0) is 79.1 Å². The number of non-ortho nitro benzene ring substituents is 1. The van der Waals surface area contributed by atoms with Gasteiger partial charge in [-0.25, -0.2) is 0 Å². The molecule has 4 rings (SSSR count). The normalized spacial score (nSPS) is 15.2. The number of rotatable bonds is 7. The Hall–Kier alpha value is -3.78. The third kappa shape index (κ3) is 5.39. The van der Waals surface area contributed by atoms with E-state index in [0.29, 0.717) is 12.1 Å². The van der Waals surface area contributed by atoms with Crippen LogP contribution >= 0.6 is 11.3 Å². The summed E-state index contributed by atoms with van der Waals surface area (Å²) in [6.07, 6.45) is 3.83. The molecule has 8 heteroatoms. The number of aryl methyl sites for hydroxylation is 1. The maximum Gasteiger partial charge on any atom is 0.269 e. The molecule has 0 bridgehead atoms. The zero-order valence-corrected chi connectivity index (χ0v) is 21.4. The van der Waals surface area contributed by atoms with Gasteiger partial charge in [0, 0.05) is 35.7 Å². The predicted molar refractivity (Wildman–Crippen MR) is 142 cm³/mol. The van der Waals surface area contributed by atoms with Crippen molar-refractivity contribution in [3.63, 3.8) is 0 Å². The van der Waals surface area contributed by atoms with Crippen molar-refractivity contribution < 1.29 is 14.5 Å². The van der Waals surface area contributed by atoms with Gasteiger partial charge < -0.3 is 9.80 Å². The Morgan fingerprint density at radius 1 is 1.14 bits per heavy atom. The first-order valence-corrected chi connectivity index (χ1v) is 12.8. The van der Waals surface area contributed by atoms with Crippen molar-refractivity contribution in [2.75, 3.05) is 13.1 Å². The molecule has 1 atom stereocenters. The number of benzene rings is 2. The summed E-state index contributed by atoms with van der Waals surface area (Å²) in [5, 5.41) is 12.9. The standard InChI is InChI=1S/C28H29N3O4S/c1-19(2)30(26(32)13-10-21-8-11-22(12-9-21)31(34)35)18-27(33)29-16-14-25-24(15-17-36-25)28(29)23-7-5-4-6-20(23)3/h4-13,15,17,19,28H,14,16,18H2,1-3H3. The summed E-state index contributed by atoms with van der Waals surface area (Å²) in [5.41, 5.74) is 4.05. The van der Waals surface area contributed by atoms with E-state index >= 15 is 0 Å². The van der Waals surface area contributed by atoms with E-state index in [1.54, 1.807) is 34.4 Å². The van der Waals surface area contributed by atoms with Gasteiger partial charge in [-0.1, -0.05) is 24.3 Å². The van der Waals surface area contributed by atoms with Gasteiger partial charge in [-0.15, -0.1) is 11.3 Å². The molecule has 1 unspecified atom stereocenters. The number of nitrogens with zero attached hydrogens (tertiary/aromatic N) is 3. The highest BCUT2D eigenvalue weighted by atomic mass is 32.1. The van der Waals surface area contributed by atoms with Gasteiger partial charge in [-0.3, -0.25) is 19.7 Å². The fraction of sp³-hybridized carbons (Fsp3) is 0.286. The molecule has 2 amide bonds. The van der Waals surface area contributed by atoms with Crippen molar-refractivity contribution in [1.29, 1.82) is 0 Å². The molecule has 36 heavy (non-hydrogen) atoms. The average Bonchev–Trinajstić information content (AvgIpc) is 3.34. The number of nitro benzene ring substituents is 1. The summed E-state index contributed by atoms with van der Waals surface area (Å²) in [6.45, 7) is 6.41. The lowest BCUT2D eigenvalue weighted by Crippen LogP contribution is -2.48. The highest BCUT2D eigenvalue weighted by Crippen LogP contribution is 2.39. The van der Waals surface area contributed by atoms with Crippen molar-refractivity contribution in [3.05, 3.63) is 103 Å². The van der Waals surface area contributed by atoms with Gasteiger partial charge in [0.05, 0.1) is 11.0 Å². The first-order chi connectivity index (χ1) is 17.3. The monoisotopic (exact) mass is 503 g/mol. The molecular formula is C28H29N3O4S. The molecule has 0 fully saturated rings. The molecule has 1 aromatic heterocycles. The molecule has 186 valence electrons. The Kier molecular flexibility index (Phi) is 7.64. The molecular weight excluding hydrogens is 474 g/mol. The Morgan fingerprint density at radius 3 is 2.53 bits per heavy atom. The lowest BCUT2D eigenvalue weighted by molar-refractivity contribution is -0.384. The van der Waals surface area contributed by atoms with Crippen LogP contribution in [0.5, 0.6) is 0 Å². The quantitative estimate of drug-likeness (QED) is 0.246. The van der Waals surface area contributed by atoms with Crippen LogP contribution in [0.25, 0.3) is 6.08 Å². The van der Waals surface area contributed by atoms with Gasteiger partial charge in [0.2, 0.25) is 11.8 Å². The number of nitro groups is 1. The Morgan fingerprint density at radius 2 is 1.86 bits per heavy atom. The summed E-state index contributed by atoms with van der Waals surface area (Å²) in [4.78, 5) is 41.9. The number of fused-ring (bicyclic) bond motifs is 1. The van der Waals surface area contributed by atoms with Crippen molar-refractivity contribution in [1.82, 2.24) is 9.80 Å². The summed E-state index contributed by atoms with van der Waals surface area (Å²) in [6, 6.07) is 15.9. The van der Waals surface area contributed by atoms with E-state index in [-0.39, 0.29) is 36.1 Å². The summed E-state index contributed by atoms with van der Waals surface area (Å²) in [5.74, 6) is -0.372. The molecule has 1 aliphatic heterocycles. The van der Waals surface area contributed by atoms with Crippen LogP contribution in [0.4, 0.5) is 5.69 Å². The van der Waals surface area contributed by atoms with Gasteiger partial charge in [0.1, 0.15) is 6.54 Å². The summed E-state index contributed by atoms with van der Waals surface area (Å²) in [7, 11) is 0. The maximum atomic E-state index is 13.7. The second kappa shape index (κ2) is 10.9. The second-order valence-electron chi connectivity index (χ2n) is 9.14. The number of amides is 2. The van der Waals surface area contributed by atoms with E-state index in [1.165, 1.54) is 23.1 Å². The number of thiophene rings is 1. The van der Waals surface area contributed by atoms with E-state index < -0.39 is 4.92 Å². The first kappa shape index (κ1) is 25.3. The molecule has 0 saturated heterocycles. The third-order valence-corrected chi connectivity index (χ3v) is 7.50. The van der Waals surface area contributed by atoms with E-state index in [4.69, 9.17) is 0 Å². The molecule has 0 N–H and O–H groups in total. The average molecular weight is 504 g/mol. The molecule has 0 saturated carbocycles. The smallest absolute Gasteiger partial charge is 0.269 e. The number of hydrogen-bond acceptors (Lipinski definition) is 5. The molecule has 7 nitrogen and oxygen atoms in total. The maximum absolute atomic E-state index is 13.7. The van der Waals surface area contributed by atoms with Gasteiger partial charge in [-0.2, -0.15) is 0 Å². The van der Waals surface area contributed by atoms with Crippen LogP contribution < -0.4 is 0 Å². The lowest BCUT2D eigenvalue weighted by atomic mass is 9.90. The van der Waals surface area contributed by atoms with Crippen molar-refractivity contribution in [2.24, 2.45) is 0 Å².